The summed E-state index contributed by atoms with van der Waals surface area (Å²) in [5.41, 5.74) is 8.25. The van der Waals surface area contributed by atoms with Crippen molar-refractivity contribution in [2.75, 3.05) is 0 Å². The van der Waals surface area contributed by atoms with Crippen molar-refractivity contribution in [3.8, 4) is 11.5 Å². The fraction of sp³-hybridized carbons (Fsp3) is 0.538. The minimum absolute atomic E-state index is 0.0964. The summed E-state index contributed by atoms with van der Waals surface area (Å²) >= 11 is 0. The Morgan fingerprint density at radius 1 is 0.786 bits per heavy atom. The highest BCUT2D eigenvalue weighted by Gasteiger charge is 2.44. The lowest BCUT2D eigenvalue weighted by Crippen LogP contribution is -2.32. The van der Waals surface area contributed by atoms with Gasteiger partial charge in [-0.25, -0.2) is 0 Å². The van der Waals surface area contributed by atoms with Gasteiger partial charge in [-0.1, -0.05) is 54.5 Å². The third-order valence-corrected chi connectivity index (χ3v) is 6.40. The molecule has 152 valence electrons. The van der Waals surface area contributed by atoms with E-state index in [4.69, 9.17) is 0 Å². The molecule has 3 rings (SSSR count). The molecular weight excluding hydrogens is 344 g/mol. The van der Waals surface area contributed by atoms with Crippen molar-refractivity contribution in [1.29, 1.82) is 0 Å². The molecule has 0 spiro atoms. The second kappa shape index (κ2) is 6.54. The van der Waals surface area contributed by atoms with Gasteiger partial charge < -0.3 is 10.2 Å². The maximum absolute atomic E-state index is 10.7. The maximum Gasteiger partial charge on any atom is 0.119 e. The second-order valence-electron chi connectivity index (χ2n) is 10.6. The Kier molecular flexibility index (Phi) is 4.85. The van der Waals surface area contributed by atoms with Crippen LogP contribution in [0, 0.1) is 13.8 Å². The van der Waals surface area contributed by atoms with Gasteiger partial charge in [-0.05, 0) is 82.5 Å². The monoisotopic (exact) mass is 380 g/mol. The van der Waals surface area contributed by atoms with Gasteiger partial charge in [-0.3, -0.25) is 0 Å². The number of rotatable bonds is 2. The Balaban J connectivity index is 2.28. The smallest absolute Gasteiger partial charge is 0.119 e. The van der Waals surface area contributed by atoms with Crippen LogP contribution in [0.4, 0.5) is 0 Å². The van der Waals surface area contributed by atoms with Crippen molar-refractivity contribution in [3.05, 3.63) is 57.1 Å². The average Bonchev–Trinajstić information content (AvgIpc) is 2.49. The number of phenols is 2. The van der Waals surface area contributed by atoms with E-state index in [1.54, 1.807) is 0 Å². The first kappa shape index (κ1) is 20.8. The first-order valence-corrected chi connectivity index (χ1v) is 10.5. The molecule has 0 fully saturated rings. The van der Waals surface area contributed by atoms with Gasteiger partial charge in [0, 0.05) is 11.5 Å². The number of hydrogen-bond donors (Lipinski definition) is 2. The van der Waals surface area contributed by atoms with Crippen LogP contribution in [0.5, 0.6) is 11.5 Å². The molecule has 28 heavy (non-hydrogen) atoms. The maximum atomic E-state index is 10.7. The van der Waals surface area contributed by atoms with Gasteiger partial charge in [-0.2, -0.15) is 0 Å². The van der Waals surface area contributed by atoms with E-state index < -0.39 is 0 Å². The van der Waals surface area contributed by atoms with Crippen LogP contribution in [0.1, 0.15) is 106 Å². The zero-order valence-corrected chi connectivity index (χ0v) is 19.0. The van der Waals surface area contributed by atoms with Gasteiger partial charge in [0.05, 0.1) is 0 Å². The SMILES string of the molecule is CCC1c2c(c(C)cc(O)c2C(C)(C)C)C1c1cc(C(C)(C)C)c(O)cc1C. The molecule has 0 saturated carbocycles. The van der Waals surface area contributed by atoms with Gasteiger partial charge in [-0.15, -0.1) is 0 Å². The summed E-state index contributed by atoms with van der Waals surface area (Å²) in [6.07, 6.45) is 1.04. The fourth-order valence-electron chi connectivity index (χ4n) is 5.16. The highest BCUT2D eigenvalue weighted by molar-refractivity contribution is 5.65. The summed E-state index contributed by atoms with van der Waals surface area (Å²) in [7, 11) is 0. The molecule has 2 aromatic carbocycles. The lowest BCUT2D eigenvalue weighted by molar-refractivity contribution is 0.420. The first-order chi connectivity index (χ1) is 12.8. The normalized spacial score (nSPS) is 19.3. The molecule has 1 aliphatic rings. The molecule has 0 heterocycles. The van der Waals surface area contributed by atoms with Crippen LogP contribution < -0.4 is 0 Å². The first-order valence-electron chi connectivity index (χ1n) is 10.5. The number of aromatic hydroxyl groups is 2. The predicted octanol–water partition coefficient (Wildman–Crippen LogP) is 6.95. The minimum Gasteiger partial charge on any atom is -0.508 e. The average molecular weight is 381 g/mol. The van der Waals surface area contributed by atoms with Crippen LogP contribution in [0.2, 0.25) is 0 Å². The van der Waals surface area contributed by atoms with E-state index in [1.807, 2.05) is 12.1 Å². The van der Waals surface area contributed by atoms with Gasteiger partial charge in [0.1, 0.15) is 11.5 Å². The topological polar surface area (TPSA) is 40.5 Å². The highest BCUT2D eigenvalue weighted by Crippen LogP contribution is 2.59. The molecule has 2 atom stereocenters. The van der Waals surface area contributed by atoms with E-state index in [9.17, 15) is 10.2 Å². The summed E-state index contributed by atoms with van der Waals surface area (Å²) in [6, 6.07) is 6.10. The molecule has 2 aromatic rings. The van der Waals surface area contributed by atoms with Gasteiger partial charge in [0.25, 0.3) is 0 Å². The molecule has 0 bridgehead atoms. The molecule has 0 aliphatic heterocycles. The lowest BCUT2D eigenvalue weighted by atomic mass is 9.58. The molecular formula is C26H36O2. The number of fused-ring (bicyclic) bond motifs is 1. The van der Waals surface area contributed by atoms with Crippen LogP contribution in [0.25, 0.3) is 0 Å². The van der Waals surface area contributed by atoms with E-state index in [1.165, 1.54) is 22.3 Å². The molecule has 2 nitrogen and oxygen atoms in total. The van der Waals surface area contributed by atoms with Crippen LogP contribution in [-0.2, 0) is 10.8 Å². The summed E-state index contributed by atoms with van der Waals surface area (Å²) in [5, 5.41) is 21.3. The predicted molar refractivity (Wildman–Crippen MR) is 118 cm³/mol. The van der Waals surface area contributed by atoms with E-state index in [0.717, 1.165) is 23.1 Å². The zero-order chi connectivity index (χ0) is 21.2. The highest BCUT2D eigenvalue weighted by atomic mass is 16.3. The number of hydrogen-bond acceptors (Lipinski definition) is 2. The summed E-state index contributed by atoms with van der Waals surface area (Å²) in [6.45, 7) is 19.4. The van der Waals surface area contributed by atoms with Crippen LogP contribution in [-0.4, -0.2) is 10.2 Å². The lowest BCUT2D eigenvalue weighted by Gasteiger charge is -2.46. The van der Waals surface area contributed by atoms with Gasteiger partial charge >= 0.3 is 0 Å². The molecule has 0 amide bonds. The zero-order valence-electron chi connectivity index (χ0n) is 19.0. The Labute approximate surface area is 170 Å². The van der Waals surface area contributed by atoms with E-state index in [2.05, 4.69) is 68.4 Å². The van der Waals surface area contributed by atoms with Crippen LogP contribution in [0.15, 0.2) is 18.2 Å². The van der Waals surface area contributed by atoms with Crippen LogP contribution >= 0.6 is 0 Å². The number of aryl methyl sites for hydroxylation is 2. The largest absolute Gasteiger partial charge is 0.508 e. The third kappa shape index (κ3) is 3.11. The molecule has 2 heteroatoms. The summed E-state index contributed by atoms with van der Waals surface area (Å²) in [4.78, 5) is 0. The van der Waals surface area contributed by atoms with E-state index in [0.29, 0.717) is 23.3 Å². The fourth-order valence-corrected chi connectivity index (χ4v) is 5.16. The molecule has 1 aliphatic carbocycles. The molecule has 2 N–H and O–H groups in total. The quantitative estimate of drug-likeness (QED) is 0.592. The Morgan fingerprint density at radius 2 is 1.36 bits per heavy atom. The summed E-state index contributed by atoms with van der Waals surface area (Å²) in [5.74, 6) is 1.53. The van der Waals surface area contributed by atoms with Crippen molar-refractivity contribution < 1.29 is 10.2 Å². The van der Waals surface area contributed by atoms with E-state index >= 15 is 0 Å². The standard InChI is InChI=1S/C26H36O2/c1-10-16-22(17-13-18(25(4,5)6)19(27)11-14(17)2)21-15(3)12-20(28)24(23(16)21)26(7,8)9/h11-13,16,22,27-28H,10H2,1-9H3. The Bertz CT molecular complexity index is 923. The van der Waals surface area contributed by atoms with Crippen molar-refractivity contribution in [1.82, 2.24) is 0 Å². The second-order valence-corrected chi connectivity index (χ2v) is 10.6. The Hall–Kier alpha value is -1.96. The molecule has 2 unspecified atom stereocenters. The van der Waals surface area contributed by atoms with Crippen molar-refractivity contribution in [3.63, 3.8) is 0 Å². The van der Waals surface area contributed by atoms with Gasteiger partial charge in [0.2, 0.25) is 0 Å². The van der Waals surface area contributed by atoms with Crippen LogP contribution in [0.3, 0.4) is 0 Å². The number of phenolic OH excluding ortho intramolecular Hbond substituents is 2. The summed E-state index contributed by atoms with van der Waals surface area (Å²) < 4.78 is 0. The molecule has 0 aromatic heterocycles. The van der Waals surface area contributed by atoms with E-state index in [-0.39, 0.29) is 10.8 Å². The minimum atomic E-state index is -0.110. The molecule has 0 radical (unpaired) electrons. The number of benzene rings is 2. The third-order valence-electron chi connectivity index (χ3n) is 6.40. The van der Waals surface area contributed by atoms with Crippen molar-refractivity contribution in [2.24, 2.45) is 0 Å². The van der Waals surface area contributed by atoms with Crippen molar-refractivity contribution in [2.45, 2.75) is 91.4 Å². The van der Waals surface area contributed by atoms with Crippen molar-refractivity contribution >= 4 is 0 Å². The Morgan fingerprint density at radius 3 is 1.86 bits per heavy atom. The molecule has 0 saturated heterocycles. The van der Waals surface area contributed by atoms with Gasteiger partial charge in [0.15, 0.2) is 0 Å².